The van der Waals surface area contributed by atoms with E-state index in [0.29, 0.717) is 12.0 Å². The molecule has 1 aromatic heterocycles. The van der Waals surface area contributed by atoms with Gasteiger partial charge in [-0.05, 0) is 43.1 Å². The number of rotatable bonds is 3. The Balaban J connectivity index is 1.94. The summed E-state index contributed by atoms with van der Waals surface area (Å²) in [6.45, 7) is 6.33. The molecular weight excluding hydrogens is 248 g/mol. The van der Waals surface area contributed by atoms with Crippen LogP contribution in [-0.4, -0.2) is 30.1 Å². The van der Waals surface area contributed by atoms with Gasteiger partial charge in [0.25, 0.3) is 0 Å². The van der Waals surface area contributed by atoms with Crippen LogP contribution in [0.3, 0.4) is 0 Å². The van der Waals surface area contributed by atoms with Crippen molar-refractivity contribution in [2.24, 2.45) is 0 Å². The molecule has 0 amide bonds. The van der Waals surface area contributed by atoms with Crippen molar-refractivity contribution < 1.29 is 4.74 Å². The van der Waals surface area contributed by atoms with Gasteiger partial charge in [-0.25, -0.2) is 0 Å². The fourth-order valence-electron chi connectivity index (χ4n) is 3.96. The lowest BCUT2D eigenvalue weighted by atomic mass is 9.89. The molecule has 3 heteroatoms. The molecule has 0 saturated carbocycles. The average Bonchev–Trinajstić information content (AvgIpc) is 3.05. The molecule has 3 nitrogen and oxygen atoms in total. The quantitative estimate of drug-likeness (QED) is 0.862. The third-order valence-electron chi connectivity index (χ3n) is 4.87. The van der Waals surface area contributed by atoms with Crippen LogP contribution in [0.2, 0.25) is 0 Å². The van der Waals surface area contributed by atoms with Gasteiger partial charge in [0.1, 0.15) is 5.75 Å². The summed E-state index contributed by atoms with van der Waals surface area (Å²) in [5.41, 5.74) is 4.17. The maximum atomic E-state index is 5.40. The molecule has 2 aliphatic rings. The van der Waals surface area contributed by atoms with Crippen LogP contribution < -0.4 is 4.74 Å². The number of nitrogens with zero attached hydrogens (tertiary/aromatic N) is 1. The van der Waals surface area contributed by atoms with Crippen molar-refractivity contribution in [3.8, 4) is 5.75 Å². The Kier molecular flexibility index (Phi) is 2.64. The van der Waals surface area contributed by atoms with Crippen molar-refractivity contribution in [1.82, 2.24) is 9.88 Å². The predicted octanol–water partition coefficient (Wildman–Crippen LogP) is 3.60. The first kappa shape index (κ1) is 12.0. The van der Waals surface area contributed by atoms with E-state index in [0.717, 1.165) is 12.2 Å². The molecule has 0 spiro atoms. The van der Waals surface area contributed by atoms with Crippen LogP contribution in [0.4, 0.5) is 0 Å². The van der Waals surface area contributed by atoms with Crippen molar-refractivity contribution in [1.29, 1.82) is 0 Å². The summed E-state index contributed by atoms with van der Waals surface area (Å²) >= 11 is 0. The molecular formula is C17H20N2O. The van der Waals surface area contributed by atoms with Gasteiger partial charge in [-0.1, -0.05) is 6.08 Å². The summed E-state index contributed by atoms with van der Waals surface area (Å²) in [5.74, 6) is 1.62. The van der Waals surface area contributed by atoms with Crippen molar-refractivity contribution in [3.63, 3.8) is 0 Å². The van der Waals surface area contributed by atoms with Crippen LogP contribution >= 0.6 is 0 Å². The molecule has 0 aliphatic carbocycles. The molecule has 20 heavy (non-hydrogen) atoms. The number of aromatic nitrogens is 1. The lowest BCUT2D eigenvalue weighted by Gasteiger charge is -2.31. The zero-order valence-electron chi connectivity index (χ0n) is 11.9. The number of methoxy groups -OCH3 is 1. The Labute approximate surface area is 119 Å². The zero-order chi connectivity index (χ0) is 13.7. The number of hydrogen-bond acceptors (Lipinski definition) is 2. The number of nitrogens with one attached hydrogen (secondary N) is 1. The highest BCUT2D eigenvalue weighted by atomic mass is 16.5. The van der Waals surface area contributed by atoms with Gasteiger partial charge in [-0.15, -0.1) is 6.58 Å². The molecule has 4 rings (SSSR count). The smallest absolute Gasteiger partial charge is 0.119 e. The summed E-state index contributed by atoms with van der Waals surface area (Å²) in [7, 11) is 1.73. The fourth-order valence-corrected chi connectivity index (χ4v) is 3.96. The molecule has 1 fully saturated rings. The topological polar surface area (TPSA) is 28.3 Å². The van der Waals surface area contributed by atoms with Crippen LogP contribution in [0.15, 0.2) is 30.9 Å². The molecule has 2 bridgehead atoms. The summed E-state index contributed by atoms with van der Waals surface area (Å²) in [5, 5.41) is 1.35. The zero-order valence-corrected chi connectivity index (χ0v) is 11.9. The summed E-state index contributed by atoms with van der Waals surface area (Å²) in [6, 6.07) is 6.83. The molecule has 104 valence electrons. The highest BCUT2D eigenvalue weighted by Crippen LogP contribution is 2.47. The van der Waals surface area contributed by atoms with Crippen LogP contribution in [0, 0.1) is 0 Å². The van der Waals surface area contributed by atoms with E-state index in [1.165, 1.54) is 41.7 Å². The van der Waals surface area contributed by atoms with Gasteiger partial charge in [0.2, 0.25) is 0 Å². The van der Waals surface area contributed by atoms with Gasteiger partial charge < -0.3 is 9.72 Å². The number of benzene rings is 1. The van der Waals surface area contributed by atoms with Crippen molar-refractivity contribution in [2.45, 2.75) is 24.8 Å². The molecule has 1 saturated heterocycles. The molecule has 0 radical (unpaired) electrons. The lowest BCUT2D eigenvalue weighted by Crippen LogP contribution is -2.30. The Hall–Kier alpha value is -1.74. The molecule has 1 aromatic carbocycles. The van der Waals surface area contributed by atoms with E-state index in [1.807, 2.05) is 12.1 Å². The Morgan fingerprint density at radius 2 is 2.40 bits per heavy atom. The minimum atomic E-state index is 0.472. The highest BCUT2D eigenvalue weighted by Gasteiger charge is 2.39. The van der Waals surface area contributed by atoms with E-state index in [4.69, 9.17) is 4.74 Å². The van der Waals surface area contributed by atoms with Gasteiger partial charge in [-0.3, -0.25) is 4.90 Å². The molecule has 3 heterocycles. The van der Waals surface area contributed by atoms with Gasteiger partial charge in [0.05, 0.1) is 13.2 Å². The van der Waals surface area contributed by atoms with Crippen LogP contribution in [-0.2, 0) is 0 Å². The number of H-pyrrole nitrogens is 1. The monoisotopic (exact) mass is 268 g/mol. The second-order valence-electron chi connectivity index (χ2n) is 5.88. The van der Waals surface area contributed by atoms with Gasteiger partial charge in [0, 0.05) is 29.1 Å². The second kappa shape index (κ2) is 4.38. The van der Waals surface area contributed by atoms with E-state index in [1.54, 1.807) is 7.11 Å². The number of hydrogen-bond donors (Lipinski definition) is 1. The SMILES string of the molecule is C=CCC1c2[nH]c3ccc(OC)cc3c2C2CCN1C2. The van der Waals surface area contributed by atoms with Crippen LogP contribution in [0.1, 0.15) is 36.1 Å². The minimum absolute atomic E-state index is 0.472. The third-order valence-corrected chi connectivity index (χ3v) is 4.87. The first-order valence-electron chi connectivity index (χ1n) is 7.36. The maximum absolute atomic E-state index is 5.40. The largest absolute Gasteiger partial charge is 0.497 e. The molecule has 2 aliphatic heterocycles. The first-order chi connectivity index (χ1) is 9.81. The number of fused-ring (bicyclic) bond motifs is 6. The highest BCUT2D eigenvalue weighted by molar-refractivity contribution is 5.87. The maximum Gasteiger partial charge on any atom is 0.119 e. The van der Waals surface area contributed by atoms with Crippen LogP contribution in [0.25, 0.3) is 10.9 Å². The van der Waals surface area contributed by atoms with E-state index in [2.05, 4.69) is 28.6 Å². The van der Waals surface area contributed by atoms with Crippen molar-refractivity contribution >= 4 is 10.9 Å². The molecule has 1 N–H and O–H groups in total. The first-order valence-corrected chi connectivity index (χ1v) is 7.36. The molecule has 3 unspecified atom stereocenters. The van der Waals surface area contributed by atoms with E-state index >= 15 is 0 Å². The van der Waals surface area contributed by atoms with Gasteiger partial charge in [-0.2, -0.15) is 0 Å². The second-order valence-corrected chi connectivity index (χ2v) is 5.88. The van der Waals surface area contributed by atoms with Crippen molar-refractivity contribution in [2.75, 3.05) is 20.2 Å². The van der Waals surface area contributed by atoms with Gasteiger partial charge in [0.15, 0.2) is 0 Å². The average molecular weight is 268 g/mol. The number of aromatic amines is 1. The lowest BCUT2D eigenvalue weighted by molar-refractivity contribution is 0.228. The van der Waals surface area contributed by atoms with Crippen LogP contribution in [0.5, 0.6) is 5.75 Å². The van der Waals surface area contributed by atoms with Gasteiger partial charge >= 0.3 is 0 Å². The molecule has 3 atom stereocenters. The minimum Gasteiger partial charge on any atom is -0.497 e. The summed E-state index contributed by atoms with van der Waals surface area (Å²) in [4.78, 5) is 6.26. The van der Waals surface area contributed by atoms with E-state index in [-0.39, 0.29) is 0 Å². The summed E-state index contributed by atoms with van der Waals surface area (Å²) < 4.78 is 5.40. The standard InChI is InChI=1S/C17H20N2O/c1-3-4-15-17-16(11-7-8-19(15)10-11)13-9-12(20-2)5-6-14(13)18-17/h3,5-6,9,11,15,18H,1,4,7-8,10H2,2H3. The van der Waals surface area contributed by atoms with E-state index in [9.17, 15) is 0 Å². The fraction of sp³-hybridized carbons (Fsp3) is 0.412. The number of ether oxygens (including phenoxy) is 1. The Bertz CT molecular complexity index is 673. The predicted molar refractivity (Wildman–Crippen MR) is 81.3 cm³/mol. The normalized spacial score (nSPS) is 27.6. The van der Waals surface area contributed by atoms with E-state index < -0.39 is 0 Å². The Morgan fingerprint density at radius 1 is 1.50 bits per heavy atom. The Morgan fingerprint density at radius 3 is 3.20 bits per heavy atom. The third kappa shape index (κ3) is 1.56. The molecule has 2 aromatic rings. The summed E-state index contributed by atoms with van der Waals surface area (Å²) in [6.07, 6.45) is 4.33. The van der Waals surface area contributed by atoms with Crippen molar-refractivity contribution in [3.05, 3.63) is 42.1 Å².